The molecule has 0 spiro atoms. The lowest BCUT2D eigenvalue weighted by Crippen LogP contribution is -2.47. The lowest BCUT2D eigenvalue weighted by molar-refractivity contribution is -0.175. The molecule has 0 rings (SSSR count). The maximum atomic E-state index is 11.8. The van der Waals surface area contributed by atoms with Crippen LogP contribution in [0.15, 0.2) is 0 Å². The number of carbonyl (C=O) groups excluding carboxylic acids is 4. The highest BCUT2D eigenvalue weighted by Crippen LogP contribution is 2.12. The topological polar surface area (TPSA) is 124 Å². The molecule has 0 aromatic carbocycles. The SMILES string of the molecule is CCOC(=O)C(OC(=O)OC)C(OC(=O)OC)C(=O)OCC. The van der Waals surface area contributed by atoms with E-state index in [0.29, 0.717) is 0 Å². The molecule has 0 bridgehead atoms. The molecule has 0 aromatic rings. The van der Waals surface area contributed by atoms with Gasteiger partial charge in [0, 0.05) is 0 Å². The van der Waals surface area contributed by atoms with Crippen molar-refractivity contribution >= 4 is 24.2 Å². The van der Waals surface area contributed by atoms with Crippen molar-refractivity contribution in [1.82, 2.24) is 0 Å². The van der Waals surface area contributed by atoms with Crippen LogP contribution in [0.1, 0.15) is 13.8 Å². The van der Waals surface area contributed by atoms with Crippen LogP contribution < -0.4 is 0 Å². The minimum atomic E-state index is -1.90. The Kier molecular flexibility index (Phi) is 9.07. The summed E-state index contributed by atoms with van der Waals surface area (Å²) in [7, 11) is 1.98. The quantitative estimate of drug-likeness (QED) is 0.481. The van der Waals surface area contributed by atoms with E-state index in [0.717, 1.165) is 14.2 Å². The van der Waals surface area contributed by atoms with Gasteiger partial charge in [-0.2, -0.15) is 0 Å². The summed E-state index contributed by atoms with van der Waals surface area (Å²) in [4.78, 5) is 46.0. The van der Waals surface area contributed by atoms with E-state index in [1.807, 2.05) is 0 Å². The molecular weight excluding hydrogens is 304 g/mol. The summed E-state index contributed by atoms with van der Waals surface area (Å²) in [6, 6.07) is 0. The van der Waals surface area contributed by atoms with E-state index in [1.165, 1.54) is 13.8 Å². The zero-order valence-corrected chi connectivity index (χ0v) is 12.7. The average Bonchev–Trinajstić information content (AvgIpc) is 2.50. The molecule has 0 amide bonds. The number of hydrogen-bond donors (Lipinski definition) is 0. The molecule has 2 atom stereocenters. The van der Waals surface area contributed by atoms with Crippen LogP contribution in [0.5, 0.6) is 0 Å². The van der Waals surface area contributed by atoms with Gasteiger partial charge in [-0.25, -0.2) is 19.2 Å². The Balaban J connectivity index is 5.38. The number of methoxy groups -OCH3 is 2. The summed E-state index contributed by atoms with van der Waals surface area (Å²) in [5.74, 6) is -2.23. The van der Waals surface area contributed by atoms with Crippen LogP contribution in [0.2, 0.25) is 0 Å². The second kappa shape index (κ2) is 10.2. The van der Waals surface area contributed by atoms with Gasteiger partial charge in [-0.1, -0.05) is 0 Å². The first-order valence-electron chi connectivity index (χ1n) is 6.23. The molecule has 22 heavy (non-hydrogen) atoms. The van der Waals surface area contributed by atoms with E-state index in [1.54, 1.807) is 0 Å². The van der Waals surface area contributed by atoms with Gasteiger partial charge in [0.1, 0.15) is 0 Å². The average molecular weight is 322 g/mol. The number of rotatable bonds is 7. The second-order valence-electron chi connectivity index (χ2n) is 3.49. The number of carbonyl (C=O) groups is 4. The van der Waals surface area contributed by atoms with Gasteiger partial charge in [-0.05, 0) is 13.8 Å². The first kappa shape index (κ1) is 19.5. The summed E-state index contributed by atoms with van der Waals surface area (Å²) < 4.78 is 27.0. The van der Waals surface area contributed by atoms with Crippen LogP contribution >= 0.6 is 0 Å². The van der Waals surface area contributed by atoms with E-state index < -0.39 is 36.5 Å². The van der Waals surface area contributed by atoms with Gasteiger partial charge in [0.05, 0.1) is 27.4 Å². The van der Waals surface area contributed by atoms with Crippen molar-refractivity contribution in [3.05, 3.63) is 0 Å². The van der Waals surface area contributed by atoms with Crippen LogP contribution in [0.25, 0.3) is 0 Å². The summed E-state index contributed by atoms with van der Waals surface area (Å²) in [6.45, 7) is 2.86. The van der Waals surface area contributed by atoms with Crippen molar-refractivity contribution in [2.75, 3.05) is 27.4 Å². The number of ether oxygens (including phenoxy) is 6. The van der Waals surface area contributed by atoms with Crippen molar-refractivity contribution in [3.63, 3.8) is 0 Å². The normalized spacial score (nSPS) is 12.4. The summed E-state index contributed by atoms with van der Waals surface area (Å²) in [5, 5.41) is 0. The van der Waals surface area contributed by atoms with Gasteiger partial charge in [0.2, 0.25) is 12.2 Å². The van der Waals surface area contributed by atoms with Crippen LogP contribution in [0.4, 0.5) is 9.59 Å². The first-order chi connectivity index (χ1) is 10.4. The zero-order chi connectivity index (χ0) is 17.1. The molecule has 10 nitrogen and oxygen atoms in total. The van der Waals surface area contributed by atoms with Gasteiger partial charge in [-0.3, -0.25) is 0 Å². The van der Waals surface area contributed by atoms with Gasteiger partial charge in [0.15, 0.2) is 0 Å². The van der Waals surface area contributed by atoms with Crippen molar-refractivity contribution in [2.45, 2.75) is 26.1 Å². The molecule has 0 aliphatic heterocycles. The fourth-order valence-corrected chi connectivity index (χ4v) is 1.22. The molecule has 0 saturated heterocycles. The lowest BCUT2D eigenvalue weighted by Gasteiger charge is -2.22. The predicted molar refractivity (Wildman–Crippen MR) is 67.8 cm³/mol. The fourth-order valence-electron chi connectivity index (χ4n) is 1.22. The van der Waals surface area contributed by atoms with Gasteiger partial charge in [0.25, 0.3) is 0 Å². The molecule has 0 N–H and O–H groups in total. The molecule has 0 radical (unpaired) electrons. The van der Waals surface area contributed by atoms with E-state index in [-0.39, 0.29) is 13.2 Å². The lowest BCUT2D eigenvalue weighted by atomic mass is 10.2. The largest absolute Gasteiger partial charge is 0.509 e. The molecule has 0 saturated carbocycles. The Labute approximate surface area is 126 Å². The van der Waals surface area contributed by atoms with Crippen LogP contribution in [-0.2, 0) is 38.0 Å². The Morgan fingerprint density at radius 3 is 1.27 bits per heavy atom. The minimum absolute atomic E-state index is 0.0619. The molecule has 0 aliphatic rings. The summed E-state index contributed by atoms with van der Waals surface area (Å²) >= 11 is 0. The smallest absolute Gasteiger partial charge is 0.463 e. The third-order valence-corrected chi connectivity index (χ3v) is 2.09. The van der Waals surface area contributed by atoms with Crippen molar-refractivity contribution in [1.29, 1.82) is 0 Å². The maximum Gasteiger partial charge on any atom is 0.509 e. The van der Waals surface area contributed by atoms with E-state index in [4.69, 9.17) is 0 Å². The van der Waals surface area contributed by atoms with Crippen LogP contribution in [0, 0.1) is 0 Å². The summed E-state index contributed by atoms with van der Waals surface area (Å²) in [6.07, 6.45) is -6.35. The Bertz CT molecular complexity index is 367. The predicted octanol–water partition coefficient (Wildman–Crippen LogP) is 0.416. The first-order valence-corrected chi connectivity index (χ1v) is 6.23. The monoisotopic (exact) mass is 322 g/mol. The molecule has 126 valence electrons. The van der Waals surface area contributed by atoms with Gasteiger partial charge in [-0.15, -0.1) is 0 Å². The highest BCUT2D eigenvalue weighted by molar-refractivity contribution is 5.88. The van der Waals surface area contributed by atoms with E-state index in [9.17, 15) is 19.2 Å². The molecule has 0 heterocycles. The zero-order valence-electron chi connectivity index (χ0n) is 12.7. The van der Waals surface area contributed by atoms with Crippen LogP contribution in [-0.4, -0.2) is 63.9 Å². The Morgan fingerprint density at radius 1 is 0.727 bits per heavy atom. The third kappa shape index (κ3) is 6.29. The second-order valence-corrected chi connectivity index (χ2v) is 3.49. The third-order valence-electron chi connectivity index (χ3n) is 2.09. The Morgan fingerprint density at radius 2 is 1.05 bits per heavy atom. The highest BCUT2D eigenvalue weighted by Gasteiger charge is 2.43. The van der Waals surface area contributed by atoms with E-state index >= 15 is 0 Å². The van der Waals surface area contributed by atoms with Gasteiger partial charge < -0.3 is 28.4 Å². The molecule has 0 fully saturated rings. The molecule has 0 aromatic heterocycles. The molecule has 0 aliphatic carbocycles. The van der Waals surface area contributed by atoms with Crippen molar-refractivity contribution in [3.8, 4) is 0 Å². The van der Waals surface area contributed by atoms with Crippen molar-refractivity contribution in [2.24, 2.45) is 0 Å². The van der Waals surface area contributed by atoms with E-state index in [2.05, 4.69) is 28.4 Å². The Hall–Kier alpha value is -2.52. The van der Waals surface area contributed by atoms with Gasteiger partial charge >= 0.3 is 24.2 Å². The number of hydrogen-bond acceptors (Lipinski definition) is 10. The number of esters is 2. The van der Waals surface area contributed by atoms with Crippen molar-refractivity contribution < 1.29 is 47.6 Å². The van der Waals surface area contributed by atoms with Crippen LogP contribution in [0.3, 0.4) is 0 Å². The molecular formula is C12H18O10. The molecule has 10 heteroatoms. The standard InChI is InChI=1S/C12H18O10/c1-5-19-9(13)7(21-11(15)17-3)8(10(14)20-6-2)22-12(16)18-4/h7-8H,5-6H2,1-4H3. The molecule has 2 unspecified atom stereocenters. The summed E-state index contributed by atoms with van der Waals surface area (Å²) in [5.41, 5.74) is 0. The highest BCUT2D eigenvalue weighted by atomic mass is 16.8. The fraction of sp³-hybridized carbons (Fsp3) is 0.667. The maximum absolute atomic E-state index is 11.8. The minimum Gasteiger partial charge on any atom is -0.463 e.